The van der Waals surface area contributed by atoms with Crippen LogP contribution in [0.2, 0.25) is 0 Å². The van der Waals surface area contributed by atoms with Gasteiger partial charge in [-0.15, -0.1) is 10.2 Å². The third kappa shape index (κ3) is 3.16. The Morgan fingerprint density at radius 1 is 1.23 bits per heavy atom. The van der Waals surface area contributed by atoms with Crippen LogP contribution in [0, 0.1) is 0 Å². The second-order valence-corrected chi connectivity index (χ2v) is 7.40. The van der Waals surface area contributed by atoms with E-state index in [4.69, 9.17) is 0 Å². The molecular weight excluding hydrogens is 296 g/mol. The highest BCUT2D eigenvalue weighted by atomic mass is 32.2. The van der Waals surface area contributed by atoms with Crippen molar-refractivity contribution in [2.75, 3.05) is 12.3 Å². The van der Waals surface area contributed by atoms with Crippen molar-refractivity contribution >= 4 is 17.7 Å². The van der Waals surface area contributed by atoms with E-state index in [1.54, 1.807) is 0 Å². The van der Waals surface area contributed by atoms with Crippen LogP contribution in [0.25, 0.3) is 0 Å². The summed E-state index contributed by atoms with van der Waals surface area (Å²) in [4.78, 5) is 14.6. The van der Waals surface area contributed by atoms with Crippen molar-refractivity contribution in [2.24, 2.45) is 7.05 Å². The zero-order valence-electron chi connectivity index (χ0n) is 13.6. The highest BCUT2D eigenvalue weighted by Crippen LogP contribution is 2.36. The molecule has 6 heteroatoms. The van der Waals surface area contributed by atoms with Gasteiger partial charge in [0.05, 0.1) is 5.75 Å². The molecule has 3 rings (SSSR count). The van der Waals surface area contributed by atoms with Gasteiger partial charge >= 0.3 is 0 Å². The van der Waals surface area contributed by atoms with E-state index in [9.17, 15) is 4.79 Å². The minimum absolute atomic E-state index is 0.254. The second kappa shape index (κ2) is 7.02. The van der Waals surface area contributed by atoms with Crippen LogP contribution in [0.3, 0.4) is 0 Å². The summed E-state index contributed by atoms with van der Waals surface area (Å²) < 4.78 is 2.08. The van der Waals surface area contributed by atoms with E-state index in [0.717, 1.165) is 36.8 Å². The minimum atomic E-state index is 0.254. The van der Waals surface area contributed by atoms with Crippen molar-refractivity contribution in [2.45, 2.75) is 69.0 Å². The summed E-state index contributed by atoms with van der Waals surface area (Å²) in [6.45, 7) is 3.10. The lowest BCUT2D eigenvalue weighted by atomic mass is 9.85. The third-order valence-corrected chi connectivity index (χ3v) is 6.09. The van der Waals surface area contributed by atoms with Gasteiger partial charge in [-0.2, -0.15) is 0 Å². The molecule has 1 aromatic heterocycles. The van der Waals surface area contributed by atoms with E-state index in [0.29, 0.717) is 17.7 Å². The van der Waals surface area contributed by atoms with Crippen LogP contribution in [0.4, 0.5) is 0 Å². The summed E-state index contributed by atoms with van der Waals surface area (Å²) >= 11 is 1.53. The molecule has 1 atom stereocenters. The topological polar surface area (TPSA) is 51.0 Å². The Hall–Kier alpha value is -1.04. The van der Waals surface area contributed by atoms with Gasteiger partial charge in [0, 0.05) is 25.6 Å². The molecule has 22 heavy (non-hydrogen) atoms. The van der Waals surface area contributed by atoms with Crippen LogP contribution in [-0.2, 0) is 11.8 Å². The molecule has 1 aliphatic heterocycles. The maximum absolute atomic E-state index is 12.5. The van der Waals surface area contributed by atoms with Gasteiger partial charge < -0.3 is 9.47 Å². The lowest BCUT2D eigenvalue weighted by Gasteiger charge is -2.35. The molecule has 1 saturated carbocycles. The smallest absolute Gasteiger partial charge is 0.233 e. The number of likely N-dealkylation sites (tertiary alicyclic amines) is 1. The monoisotopic (exact) mass is 322 g/mol. The quantitative estimate of drug-likeness (QED) is 0.782. The van der Waals surface area contributed by atoms with Crippen molar-refractivity contribution < 1.29 is 4.79 Å². The summed E-state index contributed by atoms with van der Waals surface area (Å²) in [5.74, 6) is 2.40. The Labute approximate surface area is 136 Å². The molecule has 1 unspecified atom stereocenters. The van der Waals surface area contributed by atoms with E-state index in [1.165, 1.54) is 37.4 Å². The Balaban J connectivity index is 1.57. The molecule has 0 bridgehead atoms. The summed E-state index contributed by atoms with van der Waals surface area (Å²) in [6.07, 6.45) is 8.36. The fraction of sp³-hybridized carbons (Fsp3) is 0.812. The first kappa shape index (κ1) is 15.8. The normalized spacial score (nSPS) is 22.6. The predicted octanol–water partition coefficient (Wildman–Crippen LogP) is 2.97. The Kier molecular flexibility index (Phi) is 5.06. The molecule has 0 N–H and O–H groups in total. The van der Waals surface area contributed by atoms with Gasteiger partial charge in [0.2, 0.25) is 5.91 Å². The first-order chi connectivity index (χ1) is 10.7. The molecule has 2 fully saturated rings. The van der Waals surface area contributed by atoms with Gasteiger partial charge in [0.15, 0.2) is 5.16 Å². The summed E-state index contributed by atoms with van der Waals surface area (Å²) in [5.41, 5.74) is 0. The SMILES string of the molecule is CCC1CCCCN1C(=O)CSc1nnc(C2CCC2)n1C. The van der Waals surface area contributed by atoms with Crippen molar-refractivity contribution in [3.63, 3.8) is 0 Å². The van der Waals surface area contributed by atoms with Crippen molar-refractivity contribution in [3.8, 4) is 0 Å². The number of aromatic nitrogens is 3. The van der Waals surface area contributed by atoms with Gasteiger partial charge in [-0.3, -0.25) is 4.79 Å². The van der Waals surface area contributed by atoms with Crippen LogP contribution in [0.1, 0.15) is 63.6 Å². The minimum Gasteiger partial charge on any atom is -0.339 e. The van der Waals surface area contributed by atoms with Gasteiger partial charge in [0.1, 0.15) is 5.82 Å². The number of nitrogens with zero attached hydrogens (tertiary/aromatic N) is 4. The van der Waals surface area contributed by atoms with E-state index in [-0.39, 0.29) is 5.91 Å². The molecule has 1 amide bonds. The number of piperidine rings is 1. The molecule has 0 radical (unpaired) electrons. The van der Waals surface area contributed by atoms with Crippen molar-refractivity contribution in [1.82, 2.24) is 19.7 Å². The van der Waals surface area contributed by atoms with Gasteiger partial charge in [-0.1, -0.05) is 25.1 Å². The van der Waals surface area contributed by atoms with Crippen LogP contribution in [-0.4, -0.2) is 43.9 Å². The molecule has 5 nitrogen and oxygen atoms in total. The lowest BCUT2D eigenvalue weighted by molar-refractivity contribution is -0.132. The number of rotatable bonds is 5. The summed E-state index contributed by atoms with van der Waals surface area (Å²) in [6, 6.07) is 0.437. The summed E-state index contributed by atoms with van der Waals surface area (Å²) in [7, 11) is 2.02. The Morgan fingerprint density at radius 3 is 2.73 bits per heavy atom. The fourth-order valence-corrected chi connectivity index (χ4v) is 4.24. The average Bonchev–Trinajstić information content (AvgIpc) is 2.84. The maximum atomic E-state index is 12.5. The molecule has 0 aromatic carbocycles. The molecular formula is C16H26N4OS. The largest absolute Gasteiger partial charge is 0.339 e. The van der Waals surface area contributed by atoms with Gasteiger partial charge in [0.25, 0.3) is 0 Å². The number of amides is 1. The zero-order valence-corrected chi connectivity index (χ0v) is 14.4. The predicted molar refractivity (Wildman–Crippen MR) is 88.0 cm³/mol. The number of hydrogen-bond acceptors (Lipinski definition) is 4. The zero-order chi connectivity index (χ0) is 15.5. The standard InChI is InChI=1S/C16H26N4OS/c1-3-13-9-4-5-10-20(13)14(21)11-22-16-18-17-15(19(16)2)12-7-6-8-12/h12-13H,3-11H2,1-2H3. The lowest BCUT2D eigenvalue weighted by Crippen LogP contribution is -2.44. The van der Waals surface area contributed by atoms with E-state index < -0.39 is 0 Å². The molecule has 1 aromatic rings. The van der Waals surface area contributed by atoms with Crippen LogP contribution >= 0.6 is 11.8 Å². The highest BCUT2D eigenvalue weighted by molar-refractivity contribution is 7.99. The van der Waals surface area contributed by atoms with E-state index >= 15 is 0 Å². The van der Waals surface area contributed by atoms with Gasteiger partial charge in [-0.25, -0.2) is 0 Å². The number of carbonyl (C=O) groups excluding carboxylic acids is 1. The highest BCUT2D eigenvalue weighted by Gasteiger charge is 2.27. The second-order valence-electron chi connectivity index (χ2n) is 6.46. The molecule has 2 aliphatic rings. The average molecular weight is 322 g/mol. The molecule has 2 heterocycles. The van der Waals surface area contributed by atoms with Crippen LogP contribution in [0.15, 0.2) is 5.16 Å². The Morgan fingerprint density at radius 2 is 2.05 bits per heavy atom. The van der Waals surface area contributed by atoms with Gasteiger partial charge in [-0.05, 0) is 38.5 Å². The first-order valence-electron chi connectivity index (χ1n) is 8.52. The number of thioether (sulfide) groups is 1. The molecule has 1 aliphatic carbocycles. The van der Waals surface area contributed by atoms with Crippen LogP contribution < -0.4 is 0 Å². The van der Waals surface area contributed by atoms with E-state index in [2.05, 4.69) is 26.6 Å². The van der Waals surface area contributed by atoms with Crippen molar-refractivity contribution in [1.29, 1.82) is 0 Å². The number of hydrogen-bond donors (Lipinski definition) is 0. The van der Waals surface area contributed by atoms with Crippen LogP contribution in [0.5, 0.6) is 0 Å². The summed E-state index contributed by atoms with van der Waals surface area (Å²) in [5, 5.41) is 9.48. The molecule has 1 saturated heterocycles. The molecule has 0 spiro atoms. The fourth-order valence-electron chi connectivity index (χ4n) is 3.44. The first-order valence-corrected chi connectivity index (χ1v) is 9.50. The third-order valence-electron chi connectivity index (χ3n) is 5.08. The Bertz CT molecular complexity index is 526. The number of carbonyl (C=O) groups is 1. The maximum Gasteiger partial charge on any atom is 0.233 e. The van der Waals surface area contributed by atoms with Crippen molar-refractivity contribution in [3.05, 3.63) is 5.82 Å². The molecule has 122 valence electrons. The van der Waals surface area contributed by atoms with E-state index in [1.807, 2.05) is 7.05 Å².